The minimum atomic E-state index is -0.146. The predicted molar refractivity (Wildman–Crippen MR) is 105 cm³/mol. The van der Waals surface area contributed by atoms with Crippen LogP contribution in [-0.4, -0.2) is 34.9 Å². The predicted octanol–water partition coefficient (Wildman–Crippen LogP) is 4.39. The van der Waals surface area contributed by atoms with Crippen molar-refractivity contribution in [3.63, 3.8) is 0 Å². The maximum Gasteiger partial charge on any atom is 0.215 e. The highest BCUT2D eigenvalue weighted by Crippen LogP contribution is 2.37. The zero-order valence-electron chi connectivity index (χ0n) is 13.5. The van der Waals surface area contributed by atoms with E-state index < -0.39 is 0 Å². The summed E-state index contributed by atoms with van der Waals surface area (Å²) in [6.45, 7) is 0.278. The molecule has 1 aromatic heterocycles. The van der Waals surface area contributed by atoms with Gasteiger partial charge in [0.2, 0.25) is 5.88 Å². The molecule has 5 rings (SSSR count). The van der Waals surface area contributed by atoms with Gasteiger partial charge in [-0.25, -0.2) is 0 Å². The molecular weight excluding hydrogens is 368 g/mol. The summed E-state index contributed by atoms with van der Waals surface area (Å²) in [4.78, 5) is 5.11. The highest BCUT2D eigenvalue weighted by atomic mass is 32.1. The van der Waals surface area contributed by atoms with Crippen LogP contribution in [0.15, 0.2) is 47.5 Å². The molecule has 2 unspecified atom stereocenters. The minimum absolute atomic E-state index is 0.0681. The van der Waals surface area contributed by atoms with Crippen LogP contribution in [0.1, 0.15) is 10.4 Å². The van der Waals surface area contributed by atoms with Gasteiger partial charge in [0.1, 0.15) is 19.0 Å². The largest absolute Gasteiger partial charge is 0.493 e. The van der Waals surface area contributed by atoms with Crippen molar-refractivity contribution in [3.8, 4) is 5.88 Å². The molecule has 2 aromatic rings. The van der Waals surface area contributed by atoms with Gasteiger partial charge in [-0.3, -0.25) is 9.56 Å². The Morgan fingerprint density at radius 3 is 3.04 bits per heavy atom. The fourth-order valence-corrected chi connectivity index (χ4v) is 4.56. The van der Waals surface area contributed by atoms with Crippen molar-refractivity contribution in [2.24, 2.45) is 4.99 Å². The Morgan fingerprint density at radius 2 is 2.12 bits per heavy atom. The number of aromatic nitrogens is 1. The third kappa shape index (κ3) is 2.52. The van der Waals surface area contributed by atoms with Crippen LogP contribution in [0.25, 0.3) is 17.3 Å². The average molecular weight is 382 g/mol. The number of benzene rings is 1. The molecular formula is C19H14N2O3S2. The maximum absolute atomic E-state index is 10.8. The lowest BCUT2D eigenvalue weighted by molar-refractivity contribution is 0.0503. The van der Waals surface area contributed by atoms with Gasteiger partial charge in [0.25, 0.3) is 0 Å². The third-order valence-electron chi connectivity index (χ3n) is 4.55. The van der Waals surface area contributed by atoms with E-state index in [-0.39, 0.29) is 24.9 Å². The molecule has 1 aromatic carbocycles. The van der Waals surface area contributed by atoms with Gasteiger partial charge in [0.15, 0.2) is 3.95 Å². The molecule has 0 spiro atoms. The average Bonchev–Trinajstić information content (AvgIpc) is 3.34. The lowest BCUT2D eigenvalue weighted by atomic mass is 10.1. The molecule has 1 fully saturated rings. The molecule has 0 radical (unpaired) electrons. The summed E-state index contributed by atoms with van der Waals surface area (Å²) >= 11 is 6.86. The number of fused-ring (bicyclic) bond motifs is 2. The molecule has 7 heteroatoms. The molecule has 0 amide bonds. The normalized spacial score (nSPS) is 24.8. The number of thiazole rings is 1. The summed E-state index contributed by atoms with van der Waals surface area (Å²) < 4.78 is 13.2. The molecule has 2 aliphatic heterocycles. The van der Waals surface area contributed by atoms with Crippen LogP contribution in [0.4, 0.5) is 5.69 Å². The summed E-state index contributed by atoms with van der Waals surface area (Å²) in [6.07, 6.45) is 9.29. The van der Waals surface area contributed by atoms with Crippen LogP contribution >= 0.6 is 23.6 Å². The second-order valence-corrected chi connectivity index (χ2v) is 7.77. The van der Waals surface area contributed by atoms with E-state index in [0.717, 1.165) is 22.5 Å². The Morgan fingerprint density at radius 1 is 1.27 bits per heavy atom. The van der Waals surface area contributed by atoms with Gasteiger partial charge in [0.05, 0.1) is 10.6 Å². The van der Waals surface area contributed by atoms with Crippen LogP contribution in [-0.2, 0) is 9.47 Å². The van der Waals surface area contributed by atoms with Crippen molar-refractivity contribution in [2.75, 3.05) is 6.79 Å². The van der Waals surface area contributed by atoms with E-state index in [1.54, 1.807) is 4.57 Å². The third-order valence-corrected chi connectivity index (χ3v) is 5.86. The minimum Gasteiger partial charge on any atom is -0.493 e. The van der Waals surface area contributed by atoms with Crippen molar-refractivity contribution < 1.29 is 14.6 Å². The summed E-state index contributed by atoms with van der Waals surface area (Å²) in [7, 11) is 0. The van der Waals surface area contributed by atoms with E-state index in [0.29, 0.717) is 8.83 Å². The number of aliphatic imine (C=N–C) groups is 1. The number of hydrogen-bond acceptors (Lipinski definition) is 6. The SMILES string of the molecule is Oc1c(/C=C2\C=Nc3ccccc32)sc(=S)n1C1=CC2OCOC2C=C1. The zero-order chi connectivity index (χ0) is 17.7. The topological polar surface area (TPSA) is 56.0 Å². The van der Waals surface area contributed by atoms with Gasteiger partial charge >= 0.3 is 0 Å². The van der Waals surface area contributed by atoms with Crippen molar-refractivity contribution in [1.82, 2.24) is 4.57 Å². The molecule has 1 saturated heterocycles. The van der Waals surface area contributed by atoms with Crippen molar-refractivity contribution in [3.05, 3.63) is 56.9 Å². The highest BCUT2D eigenvalue weighted by molar-refractivity contribution is 7.73. The van der Waals surface area contributed by atoms with Gasteiger partial charge in [0, 0.05) is 23.0 Å². The van der Waals surface area contributed by atoms with Gasteiger partial charge in [-0.1, -0.05) is 24.3 Å². The first-order chi connectivity index (χ1) is 12.7. The van der Waals surface area contributed by atoms with Crippen molar-refractivity contribution >= 4 is 52.8 Å². The lowest BCUT2D eigenvalue weighted by Crippen LogP contribution is -2.21. The van der Waals surface area contributed by atoms with Gasteiger partial charge < -0.3 is 14.6 Å². The Balaban J connectivity index is 1.55. The molecule has 130 valence electrons. The second kappa shape index (κ2) is 6.14. The standard InChI is InChI=1S/C19H14N2O3S2/c22-18-17(7-11-9-20-14-4-2-1-3-13(11)14)26-19(25)21(18)12-5-6-15-16(8-12)24-10-23-15/h1-9,15-16,22H,10H2/b11-7+. The molecule has 0 saturated carbocycles. The number of nitrogens with zero attached hydrogens (tertiary/aromatic N) is 2. The molecule has 1 aliphatic carbocycles. The molecule has 3 aliphatic rings. The number of aromatic hydroxyl groups is 1. The Kier molecular flexibility index (Phi) is 3.75. The number of allylic oxidation sites excluding steroid dienone is 3. The Bertz CT molecular complexity index is 1070. The molecule has 5 nitrogen and oxygen atoms in total. The van der Waals surface area contributed by atoms with Crippen LogP contribution in [0.3, 0.4) is 0 Å². The van der Waals surface area contributed by atoms with E-state index in [2.05, 4.69) is 4.99 Å². The smallest absolute Gasteiger partial charge is 0.215 e. The summed E-state index contributed by atoms with van der Waals surface area (Å²) in [5.41, 5.74) is 3.73. The van der Waals surface area contributed by atoms with Crippen LogP contribution in [0.2, 0.25) is 0 Å². The summed E-state index contributed by atoms with van der Waals surface area (Å²) in [6, 6.07) is 7.93. The fourth-order valence-electron chi connectivity index (χ4n) is 3.26. The van der Waals surface area contributed by atoms with Crippen molar-refractivity contribution in [2.45, 2.75) is 12.2 Å². The molecule has 1 N–H and O–H groups in total. The molecule has 2 atom stereocenters. The number of hydrogen-bond donors (Lipinski definition) is 1. The van der Waals surface area contributed by atoms with Crippen molar-refractivity contribution in [1.29, 1.82) is 0 Å². The quantitative estimate of drug-likeness (QED) is 0.783. The second-order valence-electron chi connectivity index (χ2n) is 6.10. The zero-order valence-corrected chi connectivity index (χ0v) is 15.2. The van der Waals surface area contributed by atoms with E-state index in [9.17, 15) is 5.11 Å². The van der Waals surface area contributed by atoms with Gasteiger partial charge in [-0.2, -0.15) is 0 Å². The molecule has 0 bridgehead atoms. The van der Waals surface area contributed by atoms with Crippen LogP contribution < -0.4 is 0 Å². The van der Waals surface area contributed by atoms with E-state index in [1.165, 1.54) is 11.3 Å². The summed E-state index contributed by atoms with van der Waals surface area (Å²) in [5, 5.41) is 10.8. The number of para-hydroxylation sites is 1. The monoisotopic (exact) mass is 382 g/mol. The lowest BCUT2D eigenvalue weighted by Gasteiger charge is -2.17. The first-order valence-electron chi connectivity index (χ1n) is 8.14. The van der Waals surface area contributed by atoms with Gasteiger partial charge in [-0.05, 0) is 36.5 Å². The van der Waals surface area contributed by atoms with Crippen LogP contribution in [0.5, 0.6) is 5.88 Å². The first-order valence-corrected chi connectivity index (χ1v) is 9.37. The Hall–Kier alpha value is -2.32. The maximum atomic E-state index is 10.8. The van der Waals surface area contributed by atoms with Crippen LogP contribution in [0, 0.1) is 3.95 Å². The van der Waals surface area contributed by atoms with E-state index in [1.807, 2.05) is 54.8 Å². The number of ether oxygens (including phenoxy) is 2. The molecule has 26 heavy (non-hydrogen) atoms. The summed E-state index contributed by atoms with van der Waals surface area (Å²) in [5.74, 6) is 0.124. The Labute approximate surface area is 158 Å². The highest BCUT2D eigenvalue weighted by Gasteiger charge is 2.29. The van der Waals surface area contributed by atoms with E-state index in [4.69, 9.17) is 21.7 Å². The number of rotatable bonds is 2. The fraction of sp³-hybridized carbons (Fsp3) is 0.158. The molecule has 3 heterocycles. The van der Waals surface area contributed by atoms with Gasteiger partial charge in [-0.15, -0.1) is 11.3 Å². The van der Waals surface area contributed by atoms with E-state index >= 15 is 0 Å². The first kappa shape index (κ1) is 15.9.